The van der Waals surface area contributed by atoms with Crippen molar-refractivity contribution in [1.82, 2.24) is 5.32 Å². The number of rotatable bonds is 8. The normalized spacial score (nSPS) is 14.1. The van der Waals surface area contributed by atoms with Crippen LogP contribution >= 0.6 is 50.7 Å². The Balaban J connectivity index is 2.15. The smallest absolute Gasteiger partial charge is 0.346 e. The van der Waals surface area contributed by atoms with Crippen LogP contribution in [-0.2, 0) is 4.79 Å². The first-order valence-electron chi connectivity index (χ1n) is 10.1. The maximum atomic E-state index is 13.7. The number of nitrogens with one attached hydrogen (secondary N) is 1. The van der Waals surface area contributed by atoms with Crippen molar-refractivity contribution in [1.29, 1.82) is 0 Å². The summed E-state index contributed by atoms with van der Waals surface area (Å²) in [7, 11) is 0. The van der Waals surface area contributed by atoms with Gasteiger partial charge >= 0.3 is 18.3 Å². The molecule has 0 bridgehead atoms. The molecule has 36 heavy (non-hydrogen) atoms. The molecule has 0 spiro atoms. The third-order valence-electron chi connectivity index (χ3n) is 4.93. The number of carbonyl (C=O) groups excluding carboxylic acids is 2. The molecular formula is C23H17BrCl3F6NO2. The van der Waals surface area contributed by atoms with Crippen LogP contribution in [0.15, 0.2) is 40.9 Å². The van der Waals surface area contributed by atoms with E-state index in [2.05, 4.69) is 15.9 Å². The third kappa shape index (κ3) is 8.39. The van der Waals surface area contributed by atoms with Gasteiger partial charge in [-0.25, -0.2) is 0 Å². The molecular weight excluding hydrogens is 623 g/mol. The van der Waals surface area contributed by atoms with E-state index in [1.807, 2.05) is 0 Å². The SMILES string of the molecule is CC(CCC(=O)c1ccc(/C=C/C(c2cc(Cl)c(Cl)c(Cl)c2)C(F)(F)F)cc1Br)NC(=O)C(F)(F)F. The molecule has 0 saturated heterocycles. The molecule has 2 atom stereocenters. The van der Waals surface area contributed by atoms with E-state index in [0.29, 0.717) is 5.56 Å². The predicted molar refractivity (Wildman–Crippen MR) is 131 cm³/mol. The topological polar surface area (TPSA) is 46.2 Å². The van der Waals surface area contributed by atoms with Crippen LogP contribution in [0.3, 0.4) is 0 Å². The number of carbonyl (C=O) groups is 2. The number of ketones is 1. The van der Waals surface area contributed by atoms with E-state index in [0.717, 1.165) is 18.2 Å². The lowest BCUT2D eigenvalue weighted by molar-refractivity contribution is -0.174. The number of halogens is 10. The molecule has 0 heterocycles. The average Bonchev–Trinajstić information content (AvgIpc) is 2.74. The summed E-state index contributed by atoms with van der Waals surface area (Å²) in [6.45, 7) is 1.33. The predicted octanol–water partition coefficient (Wildman–Crippen LogP) is 8.80. The largest absolute Gasteiger partial charge is 0.471 e. The summed E-state index contributed by atoms with van der Waals surface area (Å²) in [6.07, 6.45) is -7.79. The van der Waals surface area contributed by atoms with Crippen LogP contribution in [0, 0.1) is 0 Å². The van der Waals surface area contributed by atoms with Gasteiger partial charge in [0.15, 0.2) is 5.78 Å². The zero-order valence-corrected chi connectivity index (χ0v) is 22.1. The Morgan fingerprint density at radius 3 is 2.11 bits per heavy atom. The number of hydrogen-bond acceptors (Lipinski definition) is 2. The molecule has 0 saturated carbocycles. The lowest BCUT2D eigenvalue weighted by atomic mass is 9.96. The summed E-state index contributed by atoms with van der Waals surface area (Å²) in [5.41, 5.74) is 0.311. The van der Waals surface area contributed by atoms with Crippen molar-refractivity contribution in [3.05, 3.63) is 72.6 Å². The van der Waals surface area contributed by atoms with Crippen molar-refractivity contribution >= 4 is 68.5 Å². The molecule has 2 unspecified atom stereocenters. The van der Waals surface area contributed by atoms with Crippen molar-refractivity contribution in [2.24, 2.45) is 0 Å². The number of alkyl halides is 6. The zero-order chi connectivity index (χ0) is 27.4. The summed E-state index contributed by atoms with van der Waals surface area (Å²) in [5, 5.41) is 1.45. The van der Waals surface area contributed by atoms with Crippen LogP contribution in [-0.4, -0.2) is 30.1 Å². The summed E-state index contributed by atoms with van der Waals surface area (Å²) in [6, 6.07) is 5.47. The van der Waals surface area contributed by atoms with Gasteiger partial charge in [-0.15, -0.1) is 0 Å². The van der Waals surface area contributed by atoms with Gasteiger partial charge in [0.25, 0.3) is 0 Å². The molecule has 0 aliphatic carbocycles. The molecule has 2 aromatic rings. The Bertz CT molecular complexity index is 1140. The van der Waals surface area contributed by atoms with Gasteiger partial charge in [-0.2, -0.15) is 26.3 Å². The molecule has 196 valence electrons. The highest BCUT2D eigenvalue weighted by Crippen LogP contribution is 2.41. The Morgan fingerprint density at radius 2 is 1.61 bits per heavy atom. The maximum absolute atomic E-state index is 13.7. The number of allylic oxidation sites excluding steroid dienone is 1. The van der Waals surface area contributed by atoms with Crippen molar-refractivity contribution in [3.8, 4) is 0 Å². The van der Waals surface area contributed by atoms with Gasteiger partial charge in [0.05, 0.1) is 21.0 Å². The van der Waals surface area contributed by atoms with Gasteiger partial charge < -0.3 is 5.32 Å². The van der Waals surface area contributed by atoms with Gasteiger partial charge in [-0.3, -0.25) is 9.59 Å². The zero-order valence-electron chi connectivity index (χ0n) is 18.2. The van der Waals surface area contributed by atoms with Crippen LogP contribution in [0.2, 0.25) is 15.1 Å². The molecule has 1 amide bonds. The molecule has 0 aromatic heterocycles. The second-order valence-electron chi connectivity index (χ2n) is 7.75. The molecule has 13 heteroatoms. The van der Waals surface area contributed by atoms with Gasteiger partial charge in [0, 0.05) is 22.5 Å². The maximum Gasteiger partial charge on any atom is 0.471 e. The Hall–Kier alpha value is -1.75. The lowest BCUT2D eigenvalue weighted by Crippen LogP contribution is -2.42. The first kappa shape index (κ1) is 30.5. The fourth-order valence-electron chi connectivity index (χ4n) is 3.09. The van der Waals surface area contributed by atoms with Crippen LogP contribution < -0.4 is 5.32 Å². The highest BCUT2D eigenvalue weighted by atomic mass is 79.9. The highest BCUT2D eigenvalue weighted by Gasteiger charge is 2.40. The van der Waals surface area contributed by atoms with E-state index in [1.165, 1.54) is 31.2 Å². The number of benzene rings is 2. The standard InChI is InChI=1S/C23H17BrCl3F6NO2/c1-11(34-21(36)23(31,32)33)2-7-19(35)14-5-3-12(8-16(14)24)4-6-15(22(28,29)30)13-9-17(25)20(27)18(26)10-13/h3-6,8-11,15H,2,7H2,1H3,(H,34,36)/b6-4+. The second kappa shape index (κ2) is 12.2. The van der Waals surface area contributed by atoms with Crippen LogP contribution in [0.25, 0.3) is 6.08 Å². The van der Waals surface area contributed by atoms with Crippen LogP contribution in [0.1, 0.15) is 47.2 Å². The van der Waals surface area contributed by atoms with E-state index in [-0.39, 0.29) is 43.5 Å². The van der Waals surface area contributed by atoms with E-state index in [1.54, 1.807) is 5.32 Å². The van der Waals surface area contributed by atoms with Gasteiger partial charge in [-0.1, -0.05) is 69.0 Å². The number of Topliss-reactive ketones (excluding diaryl/α,β-unsaturated/α-hetero) is 1. The van der Waals surface area contributed by atoms with Crippen LogP contribution in [0.5, 0.6) is 0 Å². The quantitative estimate of drug-likeness (QED) is 0.178. The number of hydrogen-bond donors (Lipinski definition) is 1. The lowest BCUT2D eigenvalue weighted by Gasteiger charge is -2.18. The first-order valence-corrected chi connectivity index (χ1v) is 12.0. The van der Waals surface area contributed by atoms with E-state index in [4.69, 9.17) is 34.8 Å². The molecule has 0 aliphatic rings. The van der Waals surface area contributed by atoms with Gasteiger partial charge in [0.2, 0.25) is 0 Å². The molecule has 1 N–H and O–H groups in total. The minimum Gasteiger partial charge on any atom is -0.346 e. The summed E-state index contributed by atoms with van der Waals surface area (Å²) < 4.78 is 78.3. The molecule has 0 radical (unpaired) electrons. The van der Waals surface area contributed by atoms with Crippen molar-refractivity contribution in [3.63, 3.8) is 0 Å². The van der Waals surface area contributed by atoms with Crippen molar-refractivity contribution in [2.45, 2.75) is 44.1 Å². The summed E-state index contributed by atoms with van der Waals surface area (Å²) in [4.78, 5) is 23.4. The second-order valence-corrected chi connectivity index (χ2v) is 9.80. The average molecular weight is 640 g/mol. The first-order chi connectivity index (χ1) is 16.5. The Morgan fingerprint density at radius 1 is 1.03 bits per heavy atom. The minimum absolute atomic E-state index is 0.0474. The van der Waals surface area contributed by atoms with Crippen LogP contribution in [0.4, 0.5) is 26.3 Å². The third-order valence-corrected chi connectivity index (χ3v) is 6.78. The molecule has 3 nitrogen and oxygen atoms in total. The summed E-state index contributed by atoms with van der Waals surface area (Å²) in [5.74, 6) is -4.57. The fraction of sp³-hybridized carbons (Fsp3) is 0.304. The molecule has 0 fully saturated rings. The Labute approximate surface area is 225 Å². The molecule has 2 rings (SSSR count). The monoisotopic (exact) mass is 637 g/mol. The van der Waals surface area contributed by atoms with E-state index < -0.39 is 36.0 Å². The van der Waals surface area contributed by atoms with Crippen molar-refractivity contribution < 1.29 is 35.9 Å². The highest BCUT2D eigenvalue weighted by molar-refractivity contribution is 9.10. The van der Waals surface area contributed by atoms with E-state index >= 15 is 0 Å². The number of amides is 1. The van der Waals surface area contributed by atoms with E-state index in [9.17, 15) is 35.9 Å². The fourth-order valence-corrected chi connectivity index (χ4v) is 4.32. The Kier molecular flexibility index (Phi) is 10.3. The molecule has 2 aromatic carbocycles. The molecule has 0 aliphatic heterocycles. The summed E-state index contributed by atoms with van der Waals surface area (Å²) >= 11 is 20.8. The van der Waals surface area contributed by atoms with Gasteiger partial charge in [0.1, 0.15) is 0 Å². The van der Waals surface area contributed by atoms with Crippen molar-refractivity contribution in [2.75, 3.05) is 0 Å². The van der Waals surface area contributed by atoms with Gasteiger partial charge in [-0.05, 0) is 48.7 Å². The minimum atomic E-state index is -5.03.